The van der Waals surface area contributed by atoms with Crippen molar-refractivity contribution in [3.05, 3.63) is 76.1 Å². The maximum absolute atomic E-state index is 11.2. The highest BCUT2D eigenvalue weighted by molar-refractivity contribution is 7.20. The summed E-state index contributed by atoms with van der Waals surface area (Å²) in [6.45, 7) is 5.03. The van der Waals surface area contributed by atoms with Gasteiger partial charge in [0.25, 0.3) is 0 Å². The second-order valence-electron chi connectivity index (χ2n) is 8.99. The molecule has 0 amide bonds. The Balaban J connectivity index is 1.23. The standard InChI is InChI=1S/C26H27BN4O3S/c1-16-6-7-18(19(27)12-16)15-34-24-5-3-4-20(29-24)17-8-10-31(11-9-17)14-23-28-21-13-22(26(32)33)35-25(21)30(23)2/h3-8,12-13H,9-11,14-15,27H2,1-2H3,(H,32,33). The van der Waals surface area contributed by atoms with Crippen molar-refractivity contribution in [1.29, 1.82) is 0 Å². The van der Waals surface area contributed by atoms with Gasteiger partial charge in [-0.05, 0) is 36.6 Å². The molecule has 5 rings (SSSR count). The van der Waals surface area contributed by atoms with Crippen molar-refractivity contribution in [3.63, 3.8) is 0 Å². The third kappa shape index (κ3) is 5.01. The van der Waals surface area contributed by atoms with Crippen LogP contribution >= 0.6 is 11.3 Å². The van der Waals surface area contributed by atoms with E-state index in [-0.39, 0.29) is 0 Å². The third-order valence-corrected chi connectivity index (χ3v) is 7.62. The van der Waals surface area contributed by atoms with Gasteiger partial charge in [0.15, 0.2) is 0 Å². The molecule has 0 radical (unpaired) electrons. The van der Waals surface area contributed by atoms with Crippen molar-refractivity contribution < 1.29 is 14.6 Å². The number of thiophene rings is 1. The van der Waals surface area contributed by atoms with E-state index in [1.165, 1.54) is 33.5 Å². The molecule has 0 saturated carbocycles. The van der Waals surface area contributed by atoms with Crippen LogP contribution in [0.1, 0.15) is 38.7 Å². The minimum atomic E-state index is -0.906. The van der Waals surface area contributed by atoms with Crippen LogP contribution in [-0.4, -0.2) is 51.4 Å². The van der Waals surface area contributed by atoms with E-state index in [1.54, 1.807) is 6.07 Å². The average molecular weight is 486 g/mol. The molecule has 0 saturated heterocycles. The van der Waals surface area contributed by atoms with Gasteiger partial charge in [-0.15, -0.1) is 11.3 Å². The molecule has 0 atom stereocenters. The Morgan fingerprint density at radius 1 is 1.23 bits per heavy atom. The summed E-state index contributed by atoms with van der Waals surface area (Å²) in [6, 6.07) is 14.0. The Morgan fingerprint density at radius 2 is 2.09 bits per heavy atom. The minimum Gasteiger partial charge on any atom is -0.477 e. The third-order valence-electron chi connectivity index (χ3n) is 6.43. The number of rotatable bonds is 7. The van der Waals surface area contributed by atoms with Crippen LogP contribution < -0.4 is 10.2 Å². The number of hydrogen-bond acceptors (Lipinski definition) is 6. The van der Waals surface area contributed by atoms with E-state index in [4.69, 9.17) is 9.72 Å². The fourth-order valence-electron chi connectivity index (χ4n) is 4.39. The van der Waals surface area contributed by atoms with E-state index in [9.17, 15) is 9.90 Å². The van der Waals surface area contributed by atoms with Gasteiger partial charge in [-0.25, -0.2) is 14.8 Å². The van der Waals surface area contributed by atoms with Crippen molar-refractivity contribution in [2.75, 3.05) is 13.1 Å². The van der Waals surface area contributed by atoms with Crippen LogP contribution in [0.2, 0.25) is 0 Å². The largest absolute Gasteiger partial charge is 0.477 e. The number of aryl methyl sites for hydroxylation is 2. The van der Waals surface area contributed by atoms with Crippen LogP contribution in [0.25, 0.3) is 15.9 Å². The Hall–Kier alpha value is -3.43. The molecule has 7 nitrogen and oxygen atoms in total. The number of nitrogens with zero attached hydrogens (tertiary/aromatic N) is 4. The number of ether oxygens (including phenoxy) is 1. The molecule has 0 fully saturated rings. The Morgan fingerprint density at radius 3 is 2.80 bits per heavy atom. The van der Waals surface area contributed by atoms with E-state index in [2.05, 4.69) is 48.9 Å². The van der Waals surface area contributed by atoms with E-state index < -0.39 is 5.97 Å². The van der Waals surface area contributed by atoms with Crippen molar-refractivity contribution in [2.45, 2.75) is 26.5 Å². The summed E-state index contributed by atoms with van der Waals surface area (Å²) in [5.74, 6) is 0.677. The monoisotopic (exact) mass is 486 g/mol. The number of benzene rings is 1. The second-order valence-corrected chi connectivity index (χ2v) is 10.0. The number of carboxylic acids is 1. The molecule has 0 aliphatic carbocycles. The Bertz CT molecular complexity index is 1440. The van der Waals surface area contributed by atoms with Crippen molar-refractivity contribution >= 4 is 46.5 Å². The summed E-state index contributed by atoms with van der Waals surface area (Å²) < 4.78 is 8.01. The van der Waals surface area contributed by atoms with Crippen molar-refractivity contribution in [3.8, 4) is 5.88 Å². The number of aromatic carboxylic acids is 1. The van der Waals surface area contributed by atoms with Crippen LogP contribution in [0.15, 0.2) is 48.5 Å². The highest BCUT2D eigenvalue weighted by Crippen LogP contribution is 2.28. The zero-order chi connectivity index (χ0) is 24.5. The molecule has 178 valence electrons. The molecule has 1 aliphatic rings. The topological polar surface area (TPSA) is 80.5 Å². The lowest BCUT2D eigenvalue weighted by atomic mass is 9.89. The maximum atomic E-state index is 11.2. The van der Waals surface area contributed by atoms with Gasteiger partial charge in [-0.3, -0.25) is 4.90 Å². The van der Waals surface area contributed by atoms with Gasteiger partial charge in [0.2, 0.25) is 5.88 Å². The number of pyridine rings is 1. The van der Waals surface area contributed by atoms with Gasteiger partial charge in [0, 0.05) is 26.2 Å². The van der Waals surface area contributed by atoms with Gasteiger partial charge in [0.1, 0.15) is 35.5 Å². The molecule has 1 aromatic carbocycles. The quantitative estimate of drug-likeness (QED) is 0.405. The average Bonchev–Trinajstić information content (AvgIpc) is 3.39. The van der Waals surface area contributed by atoms with Gasteiger partial charge < -0.3 is 14.4 Å². The first-order valence-electron chi connectivity index (χ1n) is 11.6. The van der Waals surface area contributed by atoms with Gasteiger partial charge in [-0.2, -0.15) is 0 Å². The maximum Gasteiger partial charge on any atom is 0.346 e. The Kier molecular flexibility index (Phi) is 6.45. The zero-order valence-electron chi connectivity index (χ0n) is 20.1. The smallest absolute Gasteiger partial charge is 0.346 e. The van der Waals surface area contributed by atoms with Crippen LogP contribution in [0.3, 0.4) is 0 Å². The number of carboxylic acid groups (broad SMARTS) is 1. The first-order valence-corrected chi connectivity index (χ1v) is 12.4. The summed E-state index contributed by atoms with van der Waals surface area (Å²) in [7, 11) is 4.06. The van der Waals surface area contributed by atoms with Gasteiger partial charge in [0.05, 0.1) is 12.2 Å². The lowest BCUT2D eigenvalue weighted by molar-refractivity contribution is 0.0702. The van der Waals surface area contributed by atoms with Crippen LogP contribution in [0.4, 0.5) is 0 Å². The van der Waals surface area contributed by atoms with E-state index >= 15 is 0 Å². The number of imidazole rings is 1. The predicted octanol–water partition coefficient (Wildman–Crippen LogP) is 3.16. The lowest BCUT2D eigenvalue weighted by Gasteiger charge is -2.25. The molecule has 35 heavy (non-hydrogen) atoms. The summed E-state index contributed by atoms with van der Waals surface area (Å²) in [5, 5.41) is 9.21. The Labute approximate surface area is 209 Å². The molecule has 0 unspecified atom stereocenters. The molecule has 3 aromatic heterocycles. The summed E-state index contributed by atoms with van der Waals surface area (Å²) >= 11 is 1.27. The molecule has 0 bridgehead atoms. The van der Waals surface area contributed by atoms with Crippen LogP contribution in [0.5, 0.6) is 5.88 Å². The molecular weight excluding hydrogens is 459 g/mol. The van der Waals surface area contributed by atoms with E-state index in [1.807, 2.05) is 29.8 Å². The number of carbonyl (C=O) groups is 1. The summed E-state index contributed by atoms with van der Waals surface area (Å²) in [4.78, 5) is 24.2. The fraction of sp³-hybridized carbons (Fsp3) is 0.269. The molecule has 4 aromatic rings. The second kappa shape index (κ2) is 9.68. The molecule has 0 spiro atoms. The van der Waals surface area contributed by atoms with Crippen molar-refractivity contribution in [1.82, 2.24) is 19.4 Å². The number of hydrogen-bond donors (Lipinski definition) is 1. The molecule has 4 heterocycles. The molecule has 9 heteroatoms. The zero-order valence-corrected chi connectivity index (χ0v) is 20.9. The first kappa shape index (κ1) is 23.3. The molecular formula is C26H27BN4O3S. The lowest BCUT2D eigenvalue weighted by Crippen LogP contribution is -2.29. The number of aromatic nitrogens is 3. The molecule has 1 aliphatic heterocycles. The summed E-state index contributed by atoms with van der Waals surface area (Å²) in [6.07, 6.45) is 3.13. The predicted molar refractivity (Wildman–Crippen MR) is 141 cm³/mol. The van der Waals surface area contributed by atoms with Crippen LogP contribution in [-0.2, 0) is 20.2 Å². The van der Waals surface area contributed by atoms with Crippen LogP contribution in [0, 0.1) is 6.92 Å². The highest BCUT2D eigenvalue weighted by atomic mass is 32.1. The highest BCUT2D eigenvalue weighted by Gasteiger charge is 2.19. The van der Waals surface area contributed by atoms with E-state index in [0.29, 0.717) is 17.4 Å². The molecule has 1 N–H and O–H groups in total. The van der Waals surface area contributed by atoms with Crippen molar-refractivity contribution in [2.24, 2.45) is 7.05 Å². The van der Waals surface area contributed by atoms with E-state index in [0.717, 1.165) is 47.9 Å². The van der Waals surface area contributed by atoms with Gasteiger partial charge in [-0.1, -0.05) is 41.4 Å². The normalized spacial score (nSPS) is 14.3. The fourth-order valence-corrected chi connectivity index (χ4v) is 5.31. The van der Waals surface area contributed by atoms with Gasteiger partial charge >= 0.3 is 5.97 Å². The first-order chi connectivity index (χ1) is 16.9. The summed E-state index contributed by atoms with van der Waals surface area (Å²) in [5.41, 5.74) is 6.58. The minimum absolute atomic E-state index is 0.322. The number of fused-ring (bicyclic) bond motifs is 1. The SMILES string of the molecule is Bc1cc(C)ccc1COc1cccc(C2=CCN(Cc3nc4cc(C(=O)O)sc4n3C)CC2)n1.